The van der Waals surface area contributed by atoms with Crippen LogP contribution in [0.15, 0.2) is 55.1 Å². The lowest BCUT2D eigenvalue weighted by atomic mass is 9.94. The van der Waals surface area contributed by atoms with Crippen LogP contribution in [0, 0.1) is 13.8 Å². The molecule has 0 saturated carbocycles. The Morgan fingerprint density at radius 1 is 1.06 bits per heavy atom. The molecule has 0 bridgehead atoms. The van der Waals surface area contributed by atoms with E-state index in [1.165, 1.54) is 4.90 Å². The van der Waals surface area contributed by atoms with Crippen molar-refractivity contribution in [1.29, 1.82) is 0 Å². The van der Waals surface area contributed by atoms with Gasteiger partial charge in [0, 0.05) is 12.2 Å². The Bertz CT molecular complexity index is 1040. The van der Waals surface area contributed by atoms with E-state index in [0.29, 0.717) is 17.0 Å². The molecule has 2 aromatic carbocycles. The third-order valence-corrected chi connectivity index (χ3v) is 5.16. The average molecular weight is 482 g/mol. The van der Waals surface area contributed by atoms with E-state index in [1.807, 2.05) is 32.0 Å². The van der Waals surface area contributed by atoms with Gasteiger partial charge in [-0.3, -0.25) is 9.59 Å². The third kappa shape index (κ3) is 7.88. The molecule has 0 fully saturated rings. The number of nitrogens with zero attached hydrogens (tertiary/aromatic N) is 1. The van der Waals surface area contributed by atoms with Crippen LogP contribution in [0.5, 0.6) is 5.75 Å². The maximum absolute atomic E-state index is 13.6. The molecule has 0 aromatic heterocycles. The summed E-state index contributed by atoms with van der Waals surface area (Å²) < 4.78 is 10.4. The van der Waals surface area contributed by atoms with Gasteiger partial charge in [0.15, 0.2) is 0 Å². The van der Waals surface area contributed by atoms with Crippen molar-refractivity contribution in [2.75, 3.05) is 25.5 Å². The molecule has 0 aliphatic rings. The highest BCUT2D eigenvalue weighted by atomic mass is 16.6. The summed E-state index contributed by atoms with van der Waals surface area (Å²) in [5.41, 5.74) is 2.30. The Kier molecular flexibility index (Phi) is 9.45. The summed E-state index contributed by atoms with van der Waals surface area (Å²) in [4.78, 5) is 40.4. The van der Waals surface area contributed by atoms with Crippen molar-refractivity contribution in [3.8, 4) is 5.75 Å². The van der Waals surface area contributed by atoms with Gasteiger partial charge in [-0.1, -0.05) is 24.3 Å². The number of alkyl carbamates (subject to hydrolysis) is 1. The fourth-order valence-electron chi connectivity index (χ4n) is 3.63. The Hall–Kier alpha value is -3.81. The van der Waals surface area contributed by atoms with Gasteiger partial charge in [-0.25, -0.2) is 4.79 Å². The van der Waals surface area contributed by atoms with Crippen molar-refractivity contribution < 1.29 is 23.9 Å². The summed E-state index contributed by atoms with van der Waals surface area (Å²) in [5, 5.41) is 5.38. The van der Waals surface area contributed by atoms with Gasteiger partial charge in [0.1, 0.15) is 23.9 Å². The van der Waals surface area contributed by atoms with Crippen LogP contribution in [0.3, 0.4) is 0 Å². The Labute approximate surface area is 207 Å². The van der Waals surface area contributed by atoms with Gasteiger partial charge in [0.2, 0.25) is 5.91 Å². The summed E-state index contributed by atoms with van der Waals surface area (Å²) in [5.74, 6) is -0.181. The van der Waals surface area contributed by atoms with Crippen LogP contribution < -0.4 is 15.4 Å². The van der Waals surface area contributed by atoms with Crippen LogP contribution in [-0.4, -0.2) is 48.6 Å². The Morgan fingerprint density at radius 2 is 1.66 bits per heavy atom. The van der Waals surface area contributed by atoms with E-state index in [4.69, 9.17) is 9.47 Å². The Morgan fingerprint density at radius 3 is 2.17 bits per heavy atom. The largest absolute Gasteiger partial charge is 0.497 e. The molecule has 0 spiro atoms. The van der Waals surface area contributed by atoms with E-state index in [0.717, 1.165) is 11.1 Å². The number of ether oxygens (including phenoxy) is 2. The van der Waals surface area contributed by atoms with Gasteiger partial charge >= 0.3 is 6.09 Å². The molecule has 0 radical (unpaired) electrons. The molecule has 2 aromatic rings. The standard InChI is InChI=1S/C27H35N3O5/c1-8-16-30(22(31)17-28-26(33)35-27(4,5)6)24(23-18(2)10-9-11-19(23)3)25(32)29-20-12-14-21(34-7)15-13-20/h8-15,24H,1,16-17H2,2-7H3,(H,28,33)(H,29,32). The summed E-state index contributed by atoms with van der Waals surface area (Å²) in [6.45, 7) is 12.5. The van der Waals surface area contributed by atoms with Crippen molar-refractivity contribution >= 4 is 23.6 Å². The molecule has 0 aliphatic carbocycles. The average Bonchev–Trinajstić information content (AvgIpc) is 2.78. The highest BCUT2D eigenvalue weighted by Crippen LogP contribution is 2.29. The van der Waals surface area contributed by atoms with E-state index in [-0.39, 0.29) is 19.0 Å². The number of aryl methyl sites for hydroxylation is 2. The lowest BCUT2D eigenvalue weighted by Gasteiger charge is -2.32. The highest BCUT2D eigenvalue weighted by molar-refractivity contribution is 5.99. The molecule has 0 saturated heterocycles. The molecule has 8 heteroatoms. The fraction of sp³-hybridized carbons (Fsp3) is 0.370. The molecule has 188 valence electrons. The van der Waals surface area contributed by atoms with Crippen LogP contribution in [0.4, 0.5) is 10.5 Å². The zero-order chi connectivity index (χ0) is 26.2. The predicted octanol–water partition coefficient (Wildman–Crippen LogP) is 4.53. The number of rotatable bonds is 9. The molecule has 8 nitrogen and oxygen atoms in total. The second-order valence-electron chi connectivity index (χ2n) is 9.12. The van der Waals surface area contributed by atoms with E-state index in [1.54, 1.807) is 58.2 Å². The smallest absolute Gasteiger partial charge is 0.408 e. The van der Waals surface area contributed by atoms with Crippen LogP contribution in [0.25, 0.3) is 0 Å². The molecule has 0 heterocycles. The lowest BCUT2D eigenvalue weighted by molar-refractivity contribution is -0.137. The zero-order valence-electron chi connectivity index (χ0n) is 21.3. The van der Waals surface area contributed by atoms with Crippen molar-refractivity contribution in [2.45, 2.75) is 46.3 Å². The van der Waals surface area contributed by atoms with E-state index >= 15 is 0 Å². The number of carbonyl (C=O) groups is 3. The van der Waals surface area contributed by atoms with Crippen LogP contribution in [0.1, 0.15) is 43.5 Å². The van der Waals surface area contributed by atoms with E-state index in [9.17, 15) is 14.4 Å². The number of hydrogen-bond donors (Lipinski definition) is 2. The molecular weight excluding hydrogens is 446 g/mol. The minimum atomic E-state index is -0.954. The van der Waals surface area contributed by atoms with Gasteiger partial charge in [-0.15, -0.1) is 6.58 Å². The number of carbonyl (C=O) groups excluding carboxylic acids is 3. The van der Waals surface area contributed by atoms with Crippen LogP contribution in [-0.2, 0) is 14.3 Å². The van der Waals surface area contributed by atoms with E-state index in [2.05, 4.69) is 17.2 Å². The highest BCUT2D eigenvalue weighted by Gasteiger charge is 2.33. The predicted molar refractivity (Wildman–Crippen MR) is 136 cm³/mol. The minimum absolute atomic E-state index is 0.101. The zero-order valence-corrected chi connectivity index (χ0v) is 21.3. The molecule has 0 aliphatic heterocycles. The first kappa shape index (κ1) is 27.4. The lowest BCUT2D eigenvalue weighted by Crippen LogP contribution is -2.47. The number of amides is 3. The maximum atomic E-state index is 13.6. The summed E-state index contributed by atoms with van der Waals surface area (Å²) in [6, 6.07) is 11.7. The SMILES string of the molecule is C=CCN(C(=O)CNC(=O)OC(C)(C)C)C(C(=O)Nc1ccc(OC)cc1)c1c(C)cccc1C. The molecule has 2 rings (SSSR count). The number of benzene rings is 2. The van der Waals surface area contributed by atoms with Gasteiger partial charge in [0.05, 0.1) is 7.11 Å². The normalized spacial score (nSPS) is 11.7. The molecule has 1 unspecified atom stereocenters. The van der Waals surface area contributed by atoms with Gasteiger partial charge in [-0.05, 0) is 75.6 Å². The summed E-state index contributed by atoms with van der Waals surface area (Å²) >= 11 is 0. The second-order valence-corrected chi connectivity index (χ2v) is 9.12. The van der Waals surface area contributed by atoms with Crippen molar-refractivity contribution in [3.63, 3.8) is 0 Å². The summed E-state index contributed by atoms with van der Waals surface area (Å²) in [7, 11) is 1.56. The van der Waals surface area contributed by atoms with Crippen molar-refractivity contribution in [1.82, 2.24) is 10.2 Å². The minimum Gasteiger partial charge on any atom is -0.497 e. The van der Waals surface area contributed by atoms with Gasteiger partial charge in [0.25, 0.3) is 5.91 Å². The molecule has 35 heavy (non-hydrogen) atoms. The van der Waals surface area contributed by atoms with E-state index < -0.39 is 23.6 Å². The summed E-state index contributed by atoms with van der Waals surface area (Å²) in [6.07, 6.45) is 0.836. The first-order chi connectivity index (χ1) is 16.5. The fourth-order valence-corrected chi connectivity index (χ4v) is 3.63. The molecule has 3 amide bonds. The molecule has 2 N–H and O–H groups in total. The number of methoxy groups -OCH3 is 1. The van der Waals surface area contributed by atoms with Gasteiger partial charge in [-0.2, -0.15) is 0 Å². The first-order valence-corrected chi connectivity index (χ1v) is 11.3. The van der Waals surface area contributed by atoms with Crippen molar-refractivity contribution in [3.05, 3.63) is 71.8 Å². The van der Waals surface area contributed by atoms with Gasteiger partial charge < -0.3 is 25.0 Å². The van der Waals surface area contributed by atoms with Crippen LogP contribution >= 0.6 is 0 Å². The quantitative estimate of drug-likeness (QED) is 0.513. The van der Waals surface area contributed by atoms with Crippen molar-refractivity contribution in [2.24, 2.45) is 0 Å². The first-order valence-electron chi connectivity index (χ1n) is 11.3. The number of nitrogens with one attached hydrogen (secondary N) is 2. The topological polar surface area (TPSA) is 97.0 Å². The van der Waals surface area contributed by atoms with Crippen LogP contribution in [0.2, 0.25) is 0 Å². The molecular formula is C27H35N3O5. The molecule has 1 atom stereocenters. The number of hydrogen-bond acceptors (Lipinski definition) is 5. The monoisotopic (exact) mass is 481 g/mol. The number of anilines is 1. The maximum Gasteiger partial charge on any atom is 0.408 e. The Balaban J connectivity index is 2.39. The second kappa shape index (κ2) is 12.1. The third-order valence-electron chi connectivity index (χ3n) is 5.16.